The van der Waals surface area contributed by atoms with Crippen molar-refractivity contribution in [1.82, 2.24) is 0 Å². The van der Waals surface area contributed by atoms with Crippen LogP contribution < -0.4 is 18.1 Å². The van der Waals surface area contributed by atoms with Crippen LogP contribution in [0.4, 0.5) is 0 Å². The summed E-state index contributed by atoms with van der Waals surface area (Å²) < 4.78 is 0. The fraction of sp³-hybridized carbons (Fsp3) is 0.417. The minimum Gasteiger partial charge on any atom is -1.00 e. The van der Waals surface area contributed by atoms with Gasteiger partial charge >= 0.3 is 1.43 Å². The number of aryl methyl sites for hydroxylation is 1. The fourth-order valence-corrected chi connectivity index (χ4v) is 2.07. The fourth-order valence-electron chi connectivity index (χ4n) is 2.07. The predicted octanol–water partition coefficient (Wildman–Crippen LogP) is -0.658. The molecule has 1 aliphatic rings. The Kier molecular flexibility index (Phi) is 3.89. The van der Waals surface area contributed by atoms with E-state index < -0.39 is 0 Å². The van der Waals surface area contributed by atoms with Gasteiger partial charge in [0.05, 0.1) is 0 Å². The van der Waals surface area contributed by atoms with Crippen LogP contribution in [-0.2, 0) is 6.42 Å². The minimum atomic E-state index is 0. The van der Waals surface area contributed by atoms with Gasteiger partial charge in [-0.1, -0.05) is 12.1 Å². The lowest BCUT2D eigenvalue weighted by Gasteiger charge is -2.22. The van der Waals surface area contributed by atoms with Gasteiger partial charge in [0.2, 0.25) is 0 Å². The van der Waals surface area contributed by atoms with E-state index in [-0.39, 0.29) is 25.7 Å². The van der Waals surface area contributed by atoms with Gasteiger partial charge in [-0.3, -0.25) is 4.79 Å². The van der Waals surface area contributed by atoms with Crippen molar-refractivity contribution in [3.63, 3.8) is 0 Å². The van der Waals surface area contributed by atoms with E-state index in [2.05, 4.69) is 0 Å². The number of benzene rings is 1. The van der Waals surface area contributed by atoms with Gasteiger partial charge in [-0.15, -0.1) is 0 Å². The molecule has 0 spiro atoms. The van der Waals surface area contributed by atoms with Gasteiger partial charge in [0, 0.05) is 11.6 Å². The average molecular weight is 226 g/mol. The first-order chi connectivity index (χ1) is 6.68. The Labute approximate surface area is 97.8 Å². The molecular formula is C12H16ClNO. The lowest BCUT2D eigenvalue weighted by Crippen LogP contribution is -3.00. The molecule has 0 heterocycles. The third-order valence-electron chi connectivity index (χ3n) is 2.91. The number of fused-ring (bicyclic) bond motifs is 1. The number of carbonyl (C=O) groups is 1. The molecule has 0 aromatic heterocycles. The summed E-state index contributed by atoms with van der Waals surface area (Å²) in [4.78, 5) is 11.2. The molecule has 82 valence electrons. The van der Waals surface area contributed by atoms with Crippen LogP contribution in [0.1, 0.15) is 48.7 Å². The van der Waals surface area contributed by atoms with Crippen LogP contribution in [0.25, 0.3) is 0 Å². The van der Waals surface area contributed by atoms with Gasteiger partial charge in [0.1, 0.15) is 0 Å². The molecule has 0 amide bonds. The molecule has 0 saturated heterocycles. The van der Waals surface area contributed by atoms with Crippen LogP contribution in [-0.4, -0.2) is 5.78 Å². The van der Waals surface area contributed by atoms with Crippen LogP contribution in [0.15, 0.2) is 18.2 Å². The number of rotatable bonds is 1. The van der Waals surface area contributed by atoms with Crippen molar-refractivity contribution >= 4 is 5.78 Å². The molecular weight excluding hydrogens is 210 g/mol. The lowest BCUT2D eigenvalue weighted by molar-refractivity contribution is -0.0000110. The van der Waals surface area contributed by atoms with E-state index in [1.54, 1.807) is 6.92 Å². The van der Waals surface area contributed by atoms with Crippen molar-refractivity contribution in [3.8, 4) is 0 Å². The molecule has 0 aliphatic heterocycles. The molecule has 15 heavy (non-hydrogen) atoms. The molecule has 0 bridgehead atoms. The summed E-state index contributed by atoms with van der Waals surface area (Å²) in [7, 11) is 0. The zero-order valence-electron chi connectivity index (χ0n) is 9.79. The molecule has 1 atom stereocenters. The summed E-state index contributed by atoms with van der Waals surface area (Å²) in [5.74, 6) is 0.131. The largest absolute Gasteiger partial charge is 1.00 e. The van der Waals surface area contributed by atoms with Gasteiger partial charge in [0.25, 0.3) is 0 Å². The van der Waals surface area contributed by atoms with Crippen molar-refractivity contribution in [3.05, 3.63) is 34.9 Å². The molecule has 2 nitrogen and oxygen atoms in total. The first kappa shape index (κ1) is 12.2. The van der Waals surface area contributed by atoms with E-state index in [0.29, 0.717) is 0 Å². The molecule has 3 heteroatoms. The average Bonchev–Trinajstić information content (AvgIpc) is 2.17. The summed E-state index contributed by atoms with van der Waals surface area (Å²) in [6.07, 6.45) is 3.26. The Morgan fingerprint density at radius 3 is 2.93 bits per heavy atom. The summed E-state index contributed by atoms with van der Waals surface area (Å²) >= 11 is 0. The van der Waals surface area contributed by atoms with E-state index in [0.717, 1.165) is 24.8 Å². The summed E-state index contributed by atoms with van der Waals surface area (Å²) in [6, 6.07) is 6.05. The van der Waals surface area contributed by atoms with Crippen molar-refractivity contribution in [2.24, 2.45) is 5.73 Å². The number of halogens is 1. The second-order valence-electron chi connectivity index (χ2n) is 3.97. The first-order valence-corrected chi connectivity index (χ1v) is 5.08. The van der Waals surface area contributed by atoms with E-state index in [1.807, 2.05) is 18.2 Å². The van der Waals surface area contributed by atoms with Crippen LogP contribution in [0, 0.1) is 0 Å². The molecule has 1 unspecified atom stereocenters. The minimum absolute atomic E-state index is 0. The topological polar surface area (TPSA) is 43.1 Å². The second kappa shape index (κ2) is 4.77. The summed E-state index contributed by atoms with van der Waals surface area (Å²) in [5.41, 5.74) is 9.28. The predicted molar refractivity (Wildman–Crippen MR) is 57.4 cm³/mol. The number of hydrogen-bond donors (Lipinski definition) is 1. The van der Waals surface area contributed by atoms with E-state index in [9.17, 15) is 4.79 Å². The van der Waals surface area contributed by atoms with Gasteiger partial charge in [-0.2, -0.15) is 0 Å². The zero-order chi connectivity index (χ0) is 10.1. The number of ketones is 1. The van der Waals surface area contributed by atoms with Gasteiger partial charge in [-0.25, -0.2) is 0 Å². The molecule has 1 aromatic rings. The van der Waals surface area contributed by atoms with Gasteiger partial charge < -0.3 is 18.1 Å². The van der Waals surface area contributed by atoms with E-state index in [4.69, 9.17) is 5.73 Å². The van der Waals surface area contributed by atoms with Crippen molar-refractivity contribution in [1.29, 1.82) is 0 Å². The number of carbonyl (C=O) groups excluding carboxylic acids is 1. The maximum Gasteiger partial charge on any atom is 1.00 e. The lowest BCUT2D eigenvalue weighted by atomic mass is 9.87. The molecule has 2 N–H and O–H groups in total. The quantitative estimate of drug-likeness (QED) is 0.645. The first-order valence-electron chi connectivity index (χ1n) is 5.08. The van der Waals surface area contributed by atoms with Crippen LogP contribution in [0.3, 0.4) is 0 Å². The molecule has 1 aromatic carbocycles. The van der Waals surface area contributed by atoms with Crippen molar-refractivity contribution in [2.45, 2.75) is 32.2 Å². The van der Waals surface area contributed by atoms with E-state index >= 15 is 0 Å². The highest BCUT2D eigenvalue weighted by Gasteiger charge is 2.17. The standard InChI is InChI=1S/C12H15NO.ClH/c1-8(14)9-5-6-11-10(7-9)3-2-4-12(11)13;/h5-7,12H,2-4,13H2,1H3;1H. The SMILES string of the molecule is CC(=O)c1ccc2c(c1)CCCC2N.[Cl-].[H+]. The molecule has 0 radical (unpaired) electrons. The molecule has 2 rings (SSSR count). The van der Waals surface area contributed by atoms with Crippen molar-refractivity contribution < 1.29 is 18.6 Å². The Hall–Kier alpha value is -0.860. The van der Waals surface area contributed by atoms with E-state index in [1.165, 1.54) is 11.1 Å². The Balaban J connectivity index is 0.00000112. The summed E-state index contributed by atoms with van der Waals surface area (Å²) in [5, 5.41) is 0. The highest BCUT2D eigenvalue weighted by molar-refractivity contribution is 5.94. The van der Waals surface area contributed by atoms with Gasteiger partial charge in [-0.05, 0) is 43.4 Å². The number of hydrogen-bond acceptors (Lipinski definition) is 2. The second-order valence-corrected chi connectivity index (χ2v) is 3.97. The third-order valence-corrected chi connectivity index (χ3v) is 2.91. The number of nitrogens with two attached hydrogens (primary N) is 1. The monoisotopic (exact) mass is 225 g/mol. The van der Waals surface area contributed by atoms with Gasteiger partial charge in [0.15, 0.2) is 5.78 Å². The summed E-state index contributed by atoms with van der Waals surface area (Å²) in [6.45, 7) is 1.60. The highest BCUT2D eigenvalue weighted by atomic mass is 35.5. The maximum atomic E-state index is 11.2. The highest BCUT2D eigenvalue weighted by Crippen LogP contribution is 2.28. The van der Waals surface area contributed by atoms with Crippen molar-refractivity contribution in [2.75, 3.05) is 0 Å². The zero-order valence-corrected chi connectivity index (χ0v) is 9.55. The Morgan fingerprint density at radius 2 is 2.27 bits per heavy atom. The van der Waals surface area contributed by atoms with Crippen LogP contribution in [0.5, 0.6) is 0 Å². The normalized spacial score (nSPS) is 18.9. The smallest absolute Gasteiger partial charge is 1.00 e. The van der Waals surface area contributed by atoms with Crippen LogP contribution in [0.2, 0.25) is 0 Å². The third kappa shape index (κ3) is 2.39. The van der Waals surface area contributed by atoms with Crippen LogP contribution >= 0.6 is 0 Å². The molecule has 0 saturated carbocycles. The maximum absolute atomic E-state index is 11.2. The Morgan fingerprint density at radius 1 is 1.53 bits per heavy atom. The molecule has 1 aliphatic carbocycles. The Bertz CT molecular complexity index is 381. The molecule has 0 fully saturated rings. The number of Topliss-reactive ketones (excluding diaryl/α,β-unsaturated/α-hetero) is 1.